The quantitative estimate of drug-likeness (QED) is 0.858. The van der Waals surface area contributed by atoms with Crippen LogP contribution in [-0.4, -0.2) is 19.7 Å². The Kier molecular flexibility index (Phi) is 3.45. The van der Waals surface area contributed by atoms with E-state index in [0.29, 0.717) is 5.41 Å². The number of fused-ring (bicyclic) bond motifs is 2. The largest absolute Gasteiger partial charge is 0.497 e. The summed E-state index contributed by atoms with van der Waals surface area (Å²) in [4.78, 5) is 0. The van der Waals surface area contributed by atoms with E-state index in [0.717, 1.165) is 23.6 Å². The third-order valence-corrected chi connectivity index (χ3v) is 6.11. The van der Waals surface area contributed by atoms with Crippen molar-refractivity contribution >= 4 is 0 Å². The van der Waals surface area contributed by atoms with Gasteiger partial charge in [0.05, 0.1) is 7.11 Å². The third kappa shape index (κ3) is 2.70. The first-order chi connectivity index (χ1) is 10.3. The molecular weight excluding hydrogens is 258 g/mol. The molecule has 0 heterocycles. The summed E-state index contributed by atoms with van der Waals surface area (Å²) in [6.07, 6.45) is 9.87. The Labute approximate surface area is 128 Å². The van der Waals surface area contributed by atoms with E-state index in [-0.39, 0.29) is 0 Å². The molecule has 2 bridgehead atoms. The second-order valence-corrected chi connectivity index (χ2v) is 7.63. The maximum Gasteiger partial charge on any atom is 0.119 e. The molecule has 3 saturated carbocycles. The van der Waals surface area contributed by atoms with Crippen molar-refractivity contribution in [3.63, 3.8) is 0 Å². The number of hydrogen-bond donors (Lipinski definition) is 1. The molecule has 21 heavy (non-hydrogen) atoms. The van der Waals surface area contributed by atoms with Crippen molar-refractivity contribution in [3.8, 4) is 5.75 Å². The van der Waals surface area contributed by atoms with Crippen LogP contribution in [0.15, 0.2) is 24.3 Å². The van der Waals surface area contributed by atoms with Gasteiger partial charge in [0.2, 0.25) is 0 Å². The predicted molar refractivity (Wildman–Crippen MR) is 85.6 cm³/mol. The molecule has 2 heteroatoms. The molecule has 0 saturated heterocycles. The predicted octanol–water partition coefficient (Wildman–Crippen LogP) is 3.80. The molecule has 2 nitrogen and oxygen atoms in total. The molecule has 4 rings (SSSR count). The van der Waals surface area contributed by atoms with E-state index in [1.807, 2.05) is 0 Å². The van der Waals surface area contributed by atoms with Gasteiger partial charge in [0, 0.05) is 12.6 Å². The topological polar surface area (TPSA) is 21.3 Å². The van der Waals surface area contributed by atoms with Crippen molar-refractivity contribution in [1.82, 2.24) is 5.32 Å². The Morgan fingerprint density at radius 1 is 1.24 bits per heavy atom. The van der Waals surface area contributed by atoms with E-state index in [4.69, 9.17) is 4.74 Å². The summed E-state index contributed by atoms with van der Waals surface area (Å²) in [5.74, 6) is 2.95. The number of nitrogens with one attached hydrogen (secondary N) is 1. The van der Waals surface area contributed by atoms with Crippen LogP contribution < -0.4 is 10.1 Å². The van der Waals surface area contributed by atoms with Gasteiger partial charge in [0.1, 0.15) is 5.75 Å². The lowest BCUT2D eigenvalue weighted by Crippen LogP contribution is -2.41. The summed E-state index contributed by atoms with van der Waals surface area (Å²) in [7, 11) is 1.76. The first-order valence-electron chi connectivity index (χ1n) is 8.64. The lowest BCUT2D eigenvalue weighted by atomic mass is 9.69. The fourth-order valence-corrected chi connectivity index (χ4v) is 4.88. The first-order valence-corrected chi connectivity index (χ1v) is 8.64. The monoisotopic (exact) mass is 285 g/mol. The molecule has 0 radical (unpaired) electrons. The minimum absolute atomic E-state index is 0.512. The van der Waals surface area contributed by atoms with Gasteiger partial charge in [-0.05, 0) is 73.5 Å². The highest BCUT2D eigenvalue weighted by Gasteiger charge is 2.50. The van der Waals surface area contributed by atoms with Gasteiger partial charge in [-0.1, -0.05) is 18.6 Å². The SMILES string of the molecule is COc1cccc(CC2(CNC3CC3)CC3CCC2C3)c1. The van der Waals surface area contributed by atoms with Crippen molar-refractivity contribution in [2.75, 3.05) is 13.7 Å². The Balaban J connectivity index is 1.54. The lowest BCUT2D eigenvalue weighted by Gasteiger charge is -2.38. The molecule has 1 N–H and O–H groups in total. The summed E-state index contributed by atoms with van der Waals surface area (Å²) in [6, 6.07) is 9.55. The number of methoxy groups -OCH3 is 1. The van der Waals surface area contributed by atoms with Crippen LogP contribution in [0.25, 0.3) is 0 Å². The number of rotatable bonds is 6. The number of benzene rings is 1. The average Bonchev–Trinajstić information content (AvgIpc) is 3.14. The van der Waals surface area contributed by atoms with Crippen LogP contribution in [0.1, 0.15) is 44.1 Å². The highest BCUT2D eigenvalue weighted by Crippen LogP contribution is 2.57. The molecule has 3 atom stereocenters. The van der Waals surface area contributed by atoms with Crippen molar-refractivity contribution in [3.05, 3.63) is 29.8 Å². The second-order valence-electron chi connectivity index (χ2n) is 7.63. The fraction of sp³-hybridized carbons (Fsp3) is 0.684. The Bertz CT molecular complexity index is 510. The molecule has 3 fully saturated rings. The first kappa shape index (κ1) is 13.6. The Morgan fingerprint density at radius 2 is 2.14 bits per heavy atom. The number of hydrogen-bond acceptors (Lipinski definition) is 2. The molecule has 0 aromatic heterocycles. The zero-order valence-electron chi connectivity index (χ0n) is 13.1. The minimum atomic E-state index is 0.512. The van der Waals surface area contributed by atoms with E-state index in [1.165, 1.54) is 57.1 Å². The van der Waals surface area contributed by atoms with Gasteiger partial charge in [-0.15, -0.1) is 0 Å². The van der Waals surface area contributed by atoms with Crippen LogP contribution in [-0.2, 0) is 6.42 Å². The molecule has 3 aliphatic carbocycles. The van der Waals surface area contributed by atoms with Gasteiger partial charge in [-0.2, -0.15) is 0 Å². The minimum Gasteiger partial charge on any atom is -0.497 e. The van der Waals surface area contributed by atoms with Crippen LogP contribution in [0.3, 0.4) is 0 Å². The lowest BCUT2D eigenvalue weighted by molar-refractivity contribution is 0.155. The van der Waals surface area contributed by atoms with Crippen LogP contribution in [0, 0.1) is 17.3 Å². The summed E-state index contributed by atoms with van der Waals surface area (Å²) in [6.45, 7) is 1.23. The van der Waals surface area contributed by atoms with E-state index < -0.39 is 0 Å². The Morgan fingerprint density at radius 3 is 2.81 bits per heavy atom. The summed E-state index contributed by atoms with van der Waals surface area (Å²) in [5.41, 5.74) is 1.97. The van der Waals surface area contributed by atoms with Crippen molar-refractivity contribution in [1.29, 1.82) is 0 Å². The number of ether oxygens (including phenoxy) is 1. The maximum absolute atomic E-state index is 5.41. The van der Waals surface area contributed by atoms with Gasteiger partial charge < -0.3 is 10.1 Å². The molecule has 3 unspecified atom stereocenters. The molecule has 1 aromatic rings. The summed E-state index contributed by atoms with van der Waals surface area (Å²) >= 11 is 0. The van der Waals surface area contributed by atoms with Crippen LogP contribution in [0.2, 0.25) is 0 Å². The maximum atomic E-state index is 5.41. The van der Waals surface area contributed by atoms with Crippen molar-refractivity contribution in [2.24, 2.45) is 17.3 Å². The van der Waals surface area contributed by atoms with Crippen LogP contribution in [0.5, 0.6) is 5.75 Å². The molecular formula is C19H27NO. The molecule has 0 amide bonds. The molecule has 3 aliphatic rings. The molecule has 0 spiro atoms. The zero-order chi connectivity index (χ0) is 14.3. The van der Waals surface area contributed by atoms with E-state index in [1.54, 1.807) is 7.11 Å². The fourth-order valence-electron chi connectivity index (χ4n) is 4.88. The Hall–Kier alpha value is -1.02. The van der Waals surface area contributed by atoms with E-state index in [2.05, 4.69) is 29.6 Å². The van der Waals surface area contributed by atoms with Gasteiger partial charge in [-0.3, -0.25) is 0 Å². The van der Waals surface area contributed by atoms with E-state index >= 15 is 0 Å². The summed E-state index contributed by atoms with van der Waals surface area (Å²) < 4.78 is 5.41. The standard InChI is InChI=1S/C19H27NO/c1-21-18-4-2-3-14(10-18)11-19(13-20-17-7-8-17)12-15-5-6-16(19)9-15/h2-4,10,15-17,20H,5-9,11-13H2,1H3. The van der Waals surface area contributed by atoms with Gasteiger partial charge in [0.15, 0.2) is 0 Å². The average molecular weight is 285 g/mol. The molecule has 114 valence electrons. The van der Waals surface area contributed by atoms with Gasteiger partial charge in [0.25, 0.3) is 0 Å². The zero-order valence-corrected chi connectivity index (χ0v) is 13.1. The van der Waals surface area contributed by atoms with Crippen LogP contribution >= 0.6 is 0 Å². The highest BCUT2D eigenvalue weighted by atomic mass is 16.5. The summed E-state index contributed by atoms with van der Waals surface area (Å²) in [5, 5.41) is 3.84. The second kappa shape index (κ2) is 5.31. The molecule has 1 aromatic carbocycles. The smallest absolute Gasteiger partial charge is 0.119 e. The van der Waals surface area contributed by atoms with Gasteiger partial charge >= 0.3 is 0 Å². The molecule has 0 aliphatic heterocycles. The third-order valence-electron chi connectivity index (χ3n) is 6.11. The van der Waals surface area contributed by atoms with Gasteiger partial charge in [-0.25, -0.2) is 0 Å². The van der Waals surface area contributed by atoms with E-state index in [9.17, 15) is 0 Å². The van der Waals surface area contributed by atoms with Crippen molar-refractivity contribution in [2.45, 2.75) is 51.0 Å². The highest BCUT2D eigenvalue weighted by molar-refractivity contribution is 5.30. The van der Waals surface area contributed by atoms with Crippen LogP contribution in [0.4, 0.5) is 0 Å². The van der Waals surface area contributed by atoms with Crippen molar-refractivity contribution < 1.29 is 4.74 Å². The normalized spacial score (nSPS) is 34.3.